The summed E-state index contributed by atoms with van der Waals surface area (Å²) in [6.45, 7) is 0. The van der Waals surface area contributed by atoms with E-state index in [9.17, 15) is 5.11 Å². The summed E-state index contributed by atoms with van der Waals surface area (Å²) in [7, 11) is 0. The van der Waals surface area contributed by atoms with E-state index in [-0.39, 0.29) is 27.3 Å². The van der Waals surface area contributed by atoms with Gasteiger partial charge < -0.3 is 5.11 Å². The standard InChI is InChI=1S/C12H10O.Pb/c13-12-9-5-4-8-11(12)10-6-2-1-3-7-10;/h1-9,13H;. The molecular formula is C12H10OPb. The van der Waals surface area contributed by atoms with E-state index >= 15 is 0 Å². The van der Waals surface area contributed by atoms with Gasteiger partial charge in [-0.2, -0.15) is 0 Å². The molecule has 0 fully saturated rings. The third-order valence-electron chi connectivity index (χ3n) is 1.99. The van der Waals surface area contributed by atoms with Crippen molar-refractivity contribution in [3.63, 3.8) is 0 Å². The molecule has 0 bridgehead atoms. The van der Waals surface area contributed by atoms with Gasteiger partial charge in [0.05, 0.1) is 0 Å². The fraction of sp³-hybridized carbons (Fsp3) is 0. The van der Waals surface area contributed by atoms with E-state index in [0.29, 0.717) is 5.75 Å². The van der Waals surface area contributed by atoms with Gasteiger partial charge in [0.25, 0.3) is 0 Å². The summed E-state index contributed by atoms with van der Waals surface area (Å²) in [6.07, 6.45) is 0. The van der Waals surface area contributed by atoms with Crippen LogP contribution in [0.4, 0.5) is 0 Å². The molecule has 4 radical (unpaired) electrons. The number of hydrogen-bond donors (Lipinski definition) is 1. The number of phenols is 1. The second-order valence-electron chi connectivity index (χ2n) is 2.88. The molecule has 0 aliphatic rings. The van der Waals surface area contributed by atoms with Gasteiger partial charge in [-0.3, -0.25) is 0 Å². The molecule has 0 saturated heterocycles. The van der Waals surface area contributed by atoms with Gasteiger partial charge in [-0.15, -0.1) is 0 Å². The molecular weight excluding hydrogens is 367 g/mol. The number of rotatable bonds is 1. The molecule has 14 heavy (non-hydrogen) atoms. The molecule has 0 saturated carbocycles. The van der Waals surface area contributed by atoms with Crippen LogP contribution in [0.25, 0.3) is 11.1 Å². The Kier molecular flexibility index (Phi) is 4.13. The molecule has 0 aromatic heterocycles. The van der Waals surface area contributed by atoms with Crippen LogP contribution in [0.1, 0.15) is 0 Å². The van der Waals surface area contributed by atoms with Crippen LogP contribution in [-0.4, -0.2) is 32.4 Å². The fourth-order valence-electron chi connectivity index (χ4n) is 1.34. The van der Waals surface area contributed by atoms with Crippen molar-refractivity contribution in [1.82, 2.24) is 0 Å². The van der Waals surface area contributed by atoms with Crippen LogP contribution in [0, 0.1) is 0 Å². The summed E-state index contributed by atoms with van der Waals surface area (Å²) in [4.78, 5) is 0. The molecule has 0 spiro atoms. The first-order chi connectivity index (χ1) is 6.38. The molecule has 2 rings (SSSR count). The summed E-state index contributed by atoms with van der Waals surface area (Å²) >= 11 is 0. The second-order valence-corrected chi connectivity index (χ2v) is 2.88. The third kappa shape index (κ3) is 2.35. The SMILES string of the molecule is Oc1ccccc1-c1ccccc1.[Pb]. The van der Waals surface area contributed by atoms with Crippen LogP contribution >= 0.6 is 0 Å². The van der Waals surface area contributed by atoms with Gasteiger partial charge in [-0.1, -0.05) is 48.5 Å². The Bertz CT molecular complexity index is 398. The topological polar surface area (TPSA) is 20.2 Å². The van der Waals surface area contributed by atoms with E-state index in [0.717, 1.165) is 11.1 Å². The van der Waals surface area contributed by atoms with Gasteiger partial charge in [0.2, 0.25) is 0 Å². The van der Waals surface area contributed by atoms with Crippen molar-refractivity contribution in [2.45, 2.75) is 0 Å². The van der Waals surface area contributed by atoms with Crippen molar-refractivity contribution in [1.29, 1.82) is 0 Å². The van der Waals surface area contributed by atoms with Crippen LogP contribution in [0.2, 0.25) is 0 Å². The zero-order valence-corrected chi connectivity index (χ0v) is 11.5. The van der Waals surface area contributed by atoms with Crippen molar-refractivity contribution in [3.8, 4) is 16.9 Å². The Morgan fingerprint density at radius 3 is 1.93 bits per heavy atom. The van der Waals surface area contributed by atoms with E-state index < -0.39 is 0 Å². The van der Waals surface area contributed by atoms with Gasteiger partial charge in [-0.05, 0) is 11.6 Å². The van der Waals surface area contributed by atoms with Gasteiger partial charge in [-0.25, -0.2) is 0 Å². The average Bonchev–Trinajstić information content (AvgIpc) is 2.20. The van der Waals surface area contributed by atoms with Crippen molar-refractivity contribution >= 4 is 27.3 Å². The van der Waals surface area contributed by atoms with Crippen LogP contribution in [-0.2, 0) is 0 Å². The summed E-state index contributed by atoms with van der Waals surface area (Å²) < 4.78 is 0. The molecule has 1 nitrogen and oxygen atoms in total. The molecule has 0 atom stereocenters. The molecule has 2 aromatic rings. The van der Waals surface area contributed by atoms with Crippen molar-refractivity contribution in [2.24, 2.45) is 0 Å². The van der Waals surface area contributed by atoms with Crippen molar-refractivity contribution in [3.05, 3.63) is 54.6 Å². The Balaban J connectivity index is 0.000000980. The van der Waals surface area contributed by atoms with Crippen molar-refractivity contribution in [2.75, 3.05) is 0 Å². The smallest absolute Gasteiger partial charge is 0.123 e. The monoisotopic (exact) mass is 378 g/mol. The fourth-order valence-corrected chi connectivity index (χ4v) is 1.34. The minimum atomic E-state index is 0. The maximum absolute atomic E-state index is 9.56. The number of benzene rings is 2. The zero-order chi connectivity index (χ0) is 9.10. The second kappa shape index (κ2) is 5.14. The van der Waals surface area contributed by atoms with E-state index in [1.54, 1.807) is 6.07 Å². The van der Waals surface area contributed by atoms with Crippen LogP contribution < -0.4 is 0 Å². The number of para-hydroxylation sites is 1. The van der Waals surface area contributed by atoms with Crippen LogP contribution in [0.15, 0.2) is 54.6 Å². The quantitative estimate of drug-likeness (QED) is 0.758. The molecule has 0 heterocycles. The normalized spacial score (nSPS) is 9.14. The van der Waals surface area contributed by atoms with Gasteiger partial charge in [0, 0.05) is 32.9 Å². The van der Waals surface area contributed by atoms with Gasteiger partial charge in [0.15, 0.2) is 0 Å². The number of aromatic hydroxyl groups is 1. The molecule has 0 aliphatic carbocycles. The minimum absolute atomic E-state index is 0. The Labute approximate surface area is 104 Å². The van der Waals surface area contributed by atoms with Crippen LogP contribution in [0.3, 0.4) is 0 Å². The first-order valence-corrected chi connectivity index (χ1v) is 4.21. The predicted molar refractivity (Wildman–Crippen MR) is 59.3 cm³/mol. The Hall–Kier alpha value is -0.838. The first kappa shape index (κ1) is 11.2. The molecule has 2 heteroatoms. The molecule has 0 unspecified atom stereocenters. The van der Waals surface area contributed by atoms with E-state index in [1.807, 2.05) is 48.5 Å². The average molecular weight is 377 g/mol. The predicted octanol–water partition coefficient (Wildman–Crippen LogP) is 2.68. The van der Waals surface area contributed by atoms with E-state index in [2.05, 4.69) is 0 Å². The molecule has 0 amide bonds. The minimum Gasteiger partial charge on any atom is -0.507 e. The zero-order valence-electron chi connectivity index (χ0n) is 7.64. The molecule has 68 valence electrons. The van der Waals surface area contributed by atoms with Gasteiger partial charge >= 0.3 is 0 Å². The first-order valence-electron chi connectivity index (χ1n) is 4.21. The largest absolute Gasteiger partial charge is 0.507 e. The third-order valence-corrected chi connectivity index (χ3v) is 1.99. The summed E-state index contributed by atoms with van der Waals surface area (Å²) in [5, 5.41) is 9.56. The van der Waals surface area contributed by atoms with Crippen molar-refractivity contribution < 1.29 is 5.11 Å². The van der Waals surface area contributed by atoms with Gasteiger partial charge in [0.1, 0.15) is 5.75 Å². The number of phenolic OH excluding ortho intramolecular Hbond substituents is 1. The molecule has 0 aliphatic heterocycles. The molecule has 1 N–H and O–H groups in total. The summed E-state index contributed by atoms with van der Waals surface area (Å²) in [5.74, 6) is 0.328. The maximum Gasteiger partial charge on any atom is 0.123 e. The Morgan fingerprint density at radius 1 is 0.714 bits per heavy atom. The van der Waals surface area contributed by atoms with E-state index in [4.69, 9.17) is 0 Å². The summed E-state index contributed by atoms with van der Waals surface area (Å²) in [6, 6.07) is 17.2. The molecule has 2 aromatic carbocycles. The van der Waals surface area contributed by atoms with E-state index in [1.165, 1.54) is 0 Å². The maximum atomic E-state index is 9.56. The Morgan fingerprint density at radius 2 is 1.29 bits per heavy atom. The number of hydrogen-bond acceptors (Lipinski definition) is 1. The summed E-state index contributed by atoms with van der Waals surface area (Å²) in [5.41, 5.74) is 1.92. The van der Waals surface area contributed by atoms with Crippen LogP contribution in [0.5, 0.6) is 5.75 Å².